The van der Waals surface area contributed by atoms with Crippen LogP contribution >= 0.6 is 0 Å². The molecule has 2 rings (SSSR count). The maximum atomic E-state index is 9.12. The maximum Gasteiger partial charge on any atom is 0.361 e. The molecule has 1 unspecified atom stereocenters. The molecule has 0 aliphatic rings. The molecule has 104 valence electrons. The van der Waals surface area contributed by atoms with E-state index in [0.29, 0.717) is 6.54 Å². The van der Waals surface area contributed by atoms with Gasteiger partial charge in [0, 0.05) is 6.54 Å². The molecular formula is C16H20BNO2. The van der Waals surface area contributed by atoms with Crippen LogP contribution in [0.2, 0.25) is 0 Å². The van der Waals surface area contributed by atoms with Crippen molar-refractivity contribution in [3.8, 4) is 0 Å². The SMILES string of the molecule is CC(CN)OB(c1ccccc1)c1ccc(CO)cc1. The topological polar surface area (TPSA) is 55.5 Å². The first kappa shape index (κ1) is 14.8. The normalized spacial score (nSPS) is 12.2. The molecule has 0 saturated carbocycles. The van der Waals surface area contributed by atoms with E-state index in [2.05, 4.69) is 0 Å². The van der Waals surface area contributed by atoms with E-state index in [4.69, 9.17) is 15.5 Å². The Labute approximate surface area is 120 Å². The van der Waals surface area contributed by atoms with Gasteiger partial charge in [0.05, 0.1) is 12.7 Å². The van der Waals surface area contributed by atoms with Crippen LogP contribution in [-0.2, 0) is 11.3 Å². The van der Waals surface area contributed by atoms with Crippen molar-refractivity contribution in [2.24, 2.45) is 5.73 Å². The molecule has 20 heavy (non-hydrogen) atoms. The van der Waals surface area contributed by atoms with Gasteiger partial charge in [-0.3, -0.25) is 0 Å². The third-order valence-electron chi connectivity index (χ3n) is 3.27. The quantitative estimate of drug-likeness (QED) is 0.757. The number of aliphatic hydroxyl groups excluding tert-OH is 1. The second-order valence-corrected chi connectivity index (χ2v) is 4.87. The molecule has 0 saturated heterocycles. The summed E-state index contributed by atoms with van der Waals surface area (Å²) in [5.41, 5.74) is 8.72. The summed E-state index contributed by atoms with van der Waals surface area (Å²) in [6, 6.07) is 17.9. The molecule has 3 nitrogen and oxygen atoms in total. The first-order valence-electron chi connectivity index (χ1n) is 6.84. The second-order valence-electron chi connectivity index (χ2n) is 4.87. The molecule has 0 amide bonds. The number of hydrogen-bond donors (Lipinski definition) is 2. The molecule has 0 fully saturated rings. The average molecular weight is 269 g/mol. The van der Waals surface area contributed by atoms with Crippen LogP contribution in [0.4, 0.5) is 0 Å². The lowest BCUT2D eigenvalue weighted by atomic mass is 9.55. The monoisotopic (exact) mass is 269 g/mol. The summed E-state index contributed by atoms with van der Waals surface area (Å²) in [6.07, 6.45) is -0.0160. The van der Waals surface area contributed by atoms with Gasteiger partial charge in [-0.25, -0.2) is 0 Å². The number of rotatable bonds is 6. The minimum atomic E-state index is -0.137. The molecule has 2 aromatic rings. The van der Waals surface area contributed by atoms with Crippen LogP contribution in [0.3, 0.4) is 0 Å². The molecule has 3 N–H and O–H groups in total. The molecule has 0 aliphatic carbocycles. The lowest BCUT2D eigenvalue weighted by Crippen LogP contribution is -2.48. The third-order valence-corrected chi connectivity index (χ3v) is 3.27. The van der Waals surface area contributed by atoms with Gasteiger partial charge in [-0.2, -0.15) is 0 Å². The Morgan fingerprint density at radius 3 is 2.20 bits per heavy atom. The molecule has 0 aromatic heterocycles. The summed E-state index contributed by atoms with van der Waals surface area (Å²) in [6.45, 7) is 2.37. The summed E-state index contributed by atoms with van der Waals surface area (Å²) in [5, 5.41) is 9.12. The zero-order valence-corrected chi connectivity index (χ0v) is 11.7. The molecular weight excluding hydrogens is 249 g/mol. The van der Waals surface area contributed by atoms with Crippen LogP contribution < -0.4 is 16.7 Å². The van der Waals surface area contributed by atoms with Gasteiger partial charge in [-0.15, -0.1) is 0 Å². The highest BCUT2D eigenvalue weighted by molar-refractivity contribution is 6.80. The standard InChI is InChI=1S/C16H20BNO2/c1-13(11-18)20-17(15-5-3-2-4-6-15)16-9-7-14(12-19)8-10-16/h2-10,13,19H,11-12,18H2,1H3. The zero-order chi connectivity index (χ0) is 14.4. The lowest BCUT2D eigenvalue weighted by molar-refractivity contribution is 0.240. The van der Waals surface area contributed by atoms with Gasteiger partial charge in [0.1, 0.15) is 0 Å². The summed E-state index contributed by atoms with van der Waals surface area (Å²) < 4.78 is 6.06. The van der Waals surface area contributed by atoms with E-state index in [9.17, 15) is 0 Å². The van der Waals surface area contributed by atoms with Crippen LogP contribution in [0.5, 0.6) is 0 Å². The first-order chi connectivity index (χ1) is 9.74. The van der Waals surface area contributed by atoms with Crippen molar-refractivity contribution < 1.29 is 9.76 Å². The fraction of sp³-hybridized carbons (Fsp3) is 0.250. The van der Waals surface area contributed by atoms with Gasteiger partial charge < -0.3 is 15.5 Å². The Balaban J connectivity index is 2.30. The van der Waals surface area contributed by atoms with E-state index in [1.807, 2.05) is 61.5 Å². The smallest absolute Gasteiger partial charge is 0.361 e. The van der Waals surface area contributed by atoms with E-state index in [-0.39, 0.29) is 19.6 Å². The fourth-order valence-corrected chi connectivity index (χ4v) is 2.06. The second kappa shape index (κ2) is 7.24. The van der Waals surface area contributed by atoms with Gasteiger partial charge in [0.25, 0.3) is 0 Å². The van der Waals surface area contributed by atoms with E-state index in [0.717, 1.165) is 16.5 Å². The molecule has 2 aromatic carbocycles. The molecule has 1 atom stereocenters. The average Bonchev–Trinajstić information content (AvgIpc) is 2.53. The highest BCUT2D eigenvalue weighted by atomic mass is 16.4. The van der Waals surface area contributed by atoms with Gasteiger partial charge in [-0.1, -0.05) is 54.6 Å². The van der Waals surface area contributed by atoms with Crippen molar-refractivity contribution in [1.82, 2.24) is 0 Å². The summed E-state index contributed by atoms with van der Waals surface area (Å²) >= 11 is 0. The van der Waals surface area contributed by atoms with E-state index in [1.54, 1.807) is 0 Å². The molecule has 4 heteroatoms. The molecule has 0 heterocycles. The minimum absolute atomic E-state index is 0.0160. The Hall–Kier alpha value is -1.62. The lowest BCUT2D eigenvalue weighted by Gasteiger charge is -2.20. The van der Waals surface area contributed by atoms with Gasteiger partial charge >= 0.3 is 6.92 Å². The van der Waals surface area contributed by atoms with Crippen LogP contribution in [0.25, 0.3) is 0 Å². The van der Waals surface area contributed by atoms with Crippen molar-refractivity contribution in [1.29, 1.82) is 0 Å². The highest BCUT2D eigenvalue weighted by Crippen LogP contribution is 2.01. The third kappa shape index (κ3) is 3.70. The molecule has 0 spiro atoms. The zero-order valence-electron chi connectivity index (χ0n) is 11.7. The fourth-order valence-electron chi connectivity index (χ4n) is 2.06. The molecule has 0 bridgehead atoms. The van der Waals surface area contributed by atoms with Gasteiger partial charge in [-0.05, 0) is 23.4 Å². The Kier molecular flexibility index (Phi) is 5.36. The number of nitrogens with two attached hydrogens (primary N) is 1. The largest absolute Gasteiger partial charge is 0.423 e. The van der Waals surface area contributed by atoms with Crippen molar-refractivity contribution in [3.63, 3.8) is 0 Å². The van der Waals surface area contributed by atoms with Gasteiger partial charge in [0.15, 0.2) is 0 Å². The number of aliphatic hydroxyl groups is 1. The van der Waals surface area contributed by atoms with Crippen LogP contribution in [0.15, 0.2) is 54.6 Å². The predicted octanol–water partition coefficient (Wildman–Crippen LogP) is 0.648. The van der Waals surface area contributed by atoms with Crippen LogP contribution in [-0.4, -0.2) is 24.7 Å². The van der Waals surface area contributed by atoms with Crippen molar-refractivity contribution in [2.45, 2.75) is 19.6 Å². The number of hydrogen-bond acceptors (Lipinski definition) is 3. The van der Waals surface area contributed by atoms with Gasteiger partial charge in [0.2, 0.25) is 0 Å². The Bertz CT molecular complexity index is 516. The van der Waals surface area contributed by atoms with Crippen molar-refractivity contribution in [2.75, 3.05) is 6.54 Å². The first-order valence-corrected chi connectivity index (χ1v) is 6.84. The summed E-state index contributed by atoms with van der Waals surface area (Å²) in [7, 11) is 0. The van der Waals surface area contributed by atoms with Crippen LogP contribution in [0, 0.1) is 0 Å². The minimum Gasteiger partial charge on any atom is -0.423 e. The van der Waals surface area contributed by atoms with E-state index >= 15 is 0 Å². The Morgan fingerprint density at radius 1 is 1.05 bits per heavy atom. The maximum absolute atomic E-state index is 9.12. The van der Waals surface area contributed by atoms with Crippen molar-refractivity contribution in [3.05, 3.63) is 60.2 Å². The number of benzene rings is 2. The highest BCUT2D eigenvalue weighted by Gasteiger charge is 2.23. The summed E-state index contributed by atoms with van der Waals surface area (Å²) in [5.74, 6) is 0. The van der Waals surface area contributed by atoms with Crippen molar-refractivity contribution >= 4 is 17.8 Å². The Morgan fingerprint density at radius 2 is 1.65 bits per heavy atom. The molecule has 0 radical (unpaired) electrons. The van der Waals surface area contributed by atoms with E-state index < -0.39 is 0 Å². The molecule has 0 aliphatic heterocycles. The van der Waals surface area contributed by atoms with E-state index in [1.165, 1.54) is 0 Å². The summed E-state index contributed by atoms with van der Waals surface area (Å²) in [4.78, 5) is 0. The predicted molar refractivity (Wildman–Crippen MR) is 83.4 cm³/mol. The van der Waals surface area contributed by atoms with Crippen LogP contribution in [0.1, 0.15) is 12.5 Å².